The number of aromatic nitrogens is 1. The lowest BCUT2D eigenvalue weighted by Crippen LogP contribution is -2.07. The first-order valence-electron chi connectivity index (χ1n) is 4.59. The van der Waals surface area contributed by atoms with E-state index >= 15 is 0 Å². The third-order valence-electron chi connectivity index (χ3n) is 1.76. The topological polar surface area (TPSA) is 63.8 Å². The number of nitrogens with zero attached hydrogens (tertiary/aromatic N) is 2. The van der Waals surface area contributed by atoms with Crippen LogP contribution >= 0.6 is 0 Å². The summed E-state index contributed by atoms with van der Waals surface area (Å²) in [5, 5.41) is 9.71. The van der Waals surface area contributed by atoms with E-state index in [1.54, 1.807) is 6.92 Å². The highest BCUT2D eigenvalue weighted by Gasteiger charge is 2.18. The normalized spacial score (nSPS) is 11.2. The van der Waals surface area contributed by atoms with E-state index < -0.39 is 17.4 Å². The van der Waals surface area contributed by atoms with Crippen molar-refractivity contribution >= 4 is 11.7 Å². The second-order valence-electron chi connectivity index (χ2n) is 2.77. The highest BCUT2D eigenvalue weighted by atomic mass is 16.5. The summed E-state index contributed by atoms with van der Waals surface area (Å²) in [6, 6.07) is 3.00. The third kappa shape index (κ3) is 2.58. The van der Waals surface area contributed by atoms with Crippen LogP contribution in [0, 0.1) is 6.57 Å². The molecule has 0 bridgehead atoms. The van der Waals surface area contributed by atoms with Gasteiger partial charge in [-0.05, 0) is 19.1 Å². The first-order valence-corrected chi connectivity index (χ1v) is 4.59. The van der Waals surface area contributed by atoms with Crippen LogP contribution < -0.4 is 0 Å². The SMILES string of the molecule is [C-]#[N+]/C(C(=O)OCC)=C(/O)c1ccncc1. The monoisotopic (exact) mass is 218 g/mol. The summed E-state index contributed by atoms with van der Waals surface area (Å²) in [7, 11) is 0. The molecule has 1 N–H and O–H groups in total. The first kappa shape index (κ1) is 11.7. The Bertz CT molecular complexity index is 446. The lowest BCUT2D eigenvalue weighted by molar-refractivity contribution is -0.138. The van der Waals surface area contributed by atoms with Crippen molar-refractivity contribution in [3.8, 4) is 0 Å². The quantitative estimate of drug-likeness (QED) is 0.363. The maximum atomic E-state index is 11.3. The Hall–Kier alpha value is -2.35. The Morgan fingerprint density at radius 1 is 1.56 bits per heavy atom. The zero-order valence-electron chi connectivity index (χ0n) is 8.67. The molecule has 0 aliphatic rings. The summed E-state index contributed by atoms with van der Waals surface area (Å²) in [5.41, 5.74) is -0.0675. The Morgan fingerprint density at radius 3 is 2.69 bits per heavy atom. The van der Waals surface area contributed by atoms with Gasteiger partial charge in [-0.15, -0.1) is 0 Å². The van der Waals surface area contributed by atoms with E-state index in [2.05, 4.69) is 14.6 Å². The van der Waals surface area contributed by atoms with Crippen molar-refractivity contribution in [2.24, 2.45) is 0 Å². The van der Waals surface area contributed by atoms with Crippen LogP contribution in [0.1, 0.15) is 12.5 Å². The molecule has 0 aliphatic carbocycles. The molecule has 0 saturated heterocycles. The van der Waals surface area contributed by atoms with Gasteiger partial charge in [0.1, 0.15) is 5.76 Å². The van der Waals surface area contributed by atoms with Crippen LogP contribution in [0.5, 0.6) is 0 Å². The van der Waals surface area contributed by atoms with E-state index in [1.165, 1.54) is 24.5 Å². The predicted octanol–water partition coefficient (Wildman–Crippen LogP) is 1.79. The molecule has 1 aromatic heterocycles. The maximum Gasteiger partial charge on any atom is 0.340 e. The molecule has 82 valence electrons. The van der Waals surface area contributed by atoms with Crippen molar-refractivity contribution in [2.45, 2.75) is 6.92 Å². The molecule has 1 aromatic rings. The Labute approximate surface area is 92.8 Å². The van der Waals surface area contributed by atoms with Gasteiger partial charge in [-0.1, -0.05) is 0 Å². The van der Waals surface area contributed by atoms with Gasteiger partial charge in [-0.3, -0.25) is 9.78 Å². The van der Waals surface area contributed by atoms with Crippen molar-refractivity contribution in [3.63, 3.8) is 0 Å². The fourth-order valence-electron chi connectivity index (χ4n) is 1.04. The van der Waals surface area contributed by atoms with E-state index in [4.69, 9.17) is 6.57 Å². The fraction of sp³-hybridized carbons (Fsp3) is 0.182. The van der Waals surface area contributed by atoms with Crippen LogP contribution in [-0.4, -0.2) is 22.7 Å². The zero-order valence-corrected chi connectivity index (χ0v) is 8.67. The van der Waals surface area contributed by atoms with Crippen LogP contribution in [0.2, 0.25) is 0 Å². The first-order chi connectivity index (χ1) is 7.70. The summed E-state index contributed by atoms with van der Waals surface area (Å²) in [4.78, 5) is 18.1. The molecule has 5 nitrogen and oxygen atoms in total. The lowest BCUT2D eigenvalue weighted by atomic mass is 10.2. The van der Waals surface area contributed by atoms with E-state index in [9.17, 15) is 9.90 Å². The Kier molecular flexibility index (Phi) is 4.04. The summed E-state index contributed by atoms with van der Waals surface area (Å²) >= 11 is 0. The highest BCUT2D eigenvalue weighted by Crippen LogP contribution is 2.17. The van der Waals surface area contributed by atoms with E-state index in [0.29, 0.717) is 5.56 Å². The van der Waals surface area contributed by atoms with Crippen LogP contribution in [0.25, 0.3) is 10.6 Å². The molecule has 5 heteroatoms. The predicted molar refractivity (Wildman–Crippen MR) is 57.0 cm³/mol. The smallest absolute Gasteiger partial charge is 0.340 e. The highest BCUT2D eigenvalue weighted by molar-refractivity contribution is 5.97. The van der Waals surface area contributed by atoms with Gasteiger partial charge in [0, 0.05) is 18.0 Å². The number of aliphatic hydroxyl groups is 1. The number of rotatable bonds is 3. The van der Waals surface area contributed by atoms with Gasteiger partial charge in [0.05, 0.1) is 13.2 Å². The number of carbonyl (C=O) groups is 1. The number of pyridine rings is 1. The average Bonchev–Trinajstić information content (AvgIpc) is 2.31. The number of esters is 1. The Balaban J connectivity index is 3.11. The summed E-state index contributed by atoms with van der Waals surface area (Å²) < 4.78 is 4.65. The van der Waals surface area contributed by atoms with Gasteiger partial charge in [0.15, 0.2) is 0 Å². The molecular weight excluding hydrogens is 208 g/mol. The molecule has 1 rings (SSSR count). The van der Waals surface area contributed by atoms with Crippen LogP contribution in [0.15, 0.2) is 30.2 Å². The number of aliphatic hydroxyl groups excluding tert-OH is 1. The number of hydrogen-bond acceptors (Lipinski definition) is 4. The van der Waals surface area contributed by atoms with Gasteiger partial charge in [-0.2, -0.15) is 0 Å². The van der Waals surface area contributed by atoms with Gasteiger partial charge in [0.25, 0.3) is 0 Å². The van der Waals surface area contributed by atoms with Crippen LogP contribution in [0.3, 0.4) is 0 Å². The number of ether oxygens (including phenoxy) is 1. The number of carbonyl (C=O) groups excluding carboxylic acids is 1. The Morgan fingerprint density at radius 2 is 2.19 bits per heavy atom. The molecule has 1 heterocycles. The molecule has 0 aliphatic heterocycles. The van der Waals surface area contributed by atoms with E-state index in [0.717, 1.165) is 0 Å². The average molecular weight is 218 g/mol. The molecular formula is C11H10N2O3. The molecule has 16 heavy (non-hydrogen) atoms. The summed E-state index contributed by atoms with van der Waals surface area (Å²) in [6.45, 7) is 8.62. The molecule has 0 radical (unpaired) electrons. The van der Waals surface area contributed by atoms with E-state index in [1.807, 2.05) is 0 Å². The van der Waals surface area contributed by atoms with Crippen molar-refractivity contribution < 1.29 is 14.6 Å². The molecule has 0 amide bonds. The van der Waals surface area contributed by atoms with Crippen molar-refractivity contribution in [2.75, 3.05) is 6.61 Å². The second kappa shape index (κ2) is 5.51. The van der Waals surface area contributed by atoms with Gasteiger partial charge >= 0.3 is 11.7 Å². The fourth-order valence-corrected chi connectivity index (χ4v) is 1.04. The standard InChI is InChI=1S/C11H10N2O3/c1-3-16-11(15)9(12-2)10(14)8-4-6-13-7-5-8/h4-7,14H,3H2,1H3/b10-9+. The minimum absolute atomic E-state index is 0.154. The summed E-state index contributed by atoms with van der Waals surface area (Å²) in [6.07, 6.45) is 2.91. The third-order valence-corrected chi connectivity index (χ3v) is 1.76. The molecule has 0 fully saturated rings. The molecule has 0 aromatic carbocycles. The second-order valence-corrected chi connectivity index (χ2v) is 2.77. The minimum atomic E-state index is -0.827. The van der Waals surface area contributed by atoms with Crippen LogP contribution in [-0.2, 0) is 9.53 Å². The maximum absolute atomic E-state index is 11.3. The van der Waals surface area contributed by atoms with E-state index in [-0.39, 0.29) is 6.61 Å². The minimum Gasteiger partial charge on any atom is -0.518 e. The molecule has 0 spiro atoms. The van der Waals surface area contributed by atoms with Crippen molar-refractivity contribution in [1.29, 1.82) is 0 Å². The van der Waals surface area contributed by atoms with Crippen molar-refractivity contribution in [1.82, 2.24) is 4.98 Å². The van der Waals surface area contributed by atoms with Crippen molar-refractivity contribution in [3.05, 3.63) is 47.2 Å². The van der Waals surface area contributed by atoms with Gasteiger partial charge in [0.2, 0.25) is 0 Å². The van der Waals surface area contributed by atoms with Gasteiger partial charge < -0.3 is 9.84 Å². The largest absolute Gasteiger partial charge is 0.518 e. The summed E-state index contributed by atoms with van der Waals surface area (Å²) in [5.74, 6) is -1.22. The molecule has 0 saturated carbocycles. The molecule has 0 atom stereocenters. The zero-order chi connectivity index (χ0) is 12.0. The lowest BCUT2D eigenvalue weighted by Gasteiger charge is -2.03. The van der Waals surface area contributed by atoms with Gasteiger partial charge in [-0.25, -0.2) is 4.85 Å². The van der Waals surface area contributed by atoms with Crippen LogP contribution in [0.4, 0.5) is 0 Å². The molecule has 0 unspecified atom stereocenters. The number of hydrogen-bond donors (Lipinski definition) is 1.